The van der Waals surface area contributed by atoms with Gasteiger partial charge in [-0.3, -0.25) is 4.79 Å². The van der Waals surface area contributed by atoms with E-state index in [1.807, 2.05) is 24.3 Å². The molecule has 2 aromatic carbocycles. The number of benzene rings is 2. The second-order valence-electron chi connectivity index (χ2n) is 5.00. The molecule has 2 aromatic rings. The summed E-state index contributed by atoms with van der Waals surface area (Å²) < 4.78 is 0. The number of anilines is 1. The van der Waals surface area contributed by atoms with Crippen LogP contribution in [0.2, 0.25) is 0 Å². The summed E-state index contributed by atoms with van der Waals surface area (Å²) in [6.45, 7) is 2.02. The van der Waals surface area contributed by atoms with E-state index in [-0.39, 0.29) is 0 Å². The van der Waals surface area contributed by atoms with Crippen molar-refractivity contribution in [1.82, 2.24) is 0 Å². The highest BCUT2D eigenvalue weighted by Gasteiger charge is 2.14. The monoisotopic (exact) mass is 251 g/mol. The average molecular weight is 251 g/mol. The van der Waals surface area contributed by atoms with Crippen LogP contribution in [0, 0.1) is 0 Å². The fourth-order valence-corrected chi connectivity index (χ4v) is 2.68. The molecule has 1 aliphatic heterocycles. The molecular weight excluding hydrogens is 234 g/mol. The van der Waals surface area contributed by atoms with Crippen LogP contribution in [0.5, 0.6) is 0 Å². The molecule has 0 saturated heterocycles. The molecule has 0 N–H and O–H groups in total. The van der Waals surface area contributed by atoms with Crippen molar-refractivity contribution in [2.75, 3.05) is 11.4 Å². The summed E-state index contributed by atoms with van der Waals surface area (Å²) in [6, 6.07) is 16.5. The summed E-state index contributed by atoms with van der Waals surface area (Å²) in [5.74, 6) is 0. The third kappa shape index (κ3) is 2.53. The van der Waals surface area contributed by atoms with Gasteiger partial charge in [0.1, 0.15) is 6.29 Å². The van der Waals surface area contributed by atoms with Crippen LogP contribution < -0.4 is 4.90 Å². The molecule has 1 heterocycles. The van der Waals surface area contributed by atoms with E-state index < -0.39 is 0 Å². The van der Waals surface area contributed by atoms with E-state index in [9.17, 15) is 4.79 Å². The Morgan fingerprint density at radius 2 is 1.68 bits per heavy atom. The zero-order valence-electron chi connectivity index (χ0n) is 10.9. The molecule has 0 spiro atoms. The van der Waals surface area contributed by atoms with Crippen LogP contribution in [-0.4, -0.2) is 12.8 Å². The fourth-order valence-electron chi connectivity index (χ4n) is 2.68. The molecule has 0 aromatic heterocycles. The van der Waals surface area contributed by atoms with E-state index in [1.165, 1.54) is 23.2 Å². The lowest BCUT2D eigenvalue weighted by Crippen LogP contribution is -2.22. The molecule has 2 nitrogen and oxygen atoms in total. The van der Waals surface area contributed by atoms with Gasteiger partial charge in [0.05, 0.1) is 0 Å². The summed E-state index contributed by atoms with van der Waals surface area (Å²) in [4.78, 5) is 13.1. The summed E-state index contributed by atoms with van der Waals surface area (Å²) in [6.07, 6.45) is 3.22. The van der Waals surface area contributed by atoms with Crippen molar-refractivity contribution in [3.05, 3.63) is 65.2 Å². The van der Waals surface area contributed by atoms with Crippen molar-refractivity contribution in [2.24, 2.45) is 0 Å². The Labute approximate surface area is 113 Å². The van der Waals surface area contributed by atoms with Crippen LogP contribution in [0.1, 0.15) is 27.9 Å². The second-order valence-corrected chi connectivity index (χ2v) is 5.00. The quantitative estimate of drug-likeness (QED) is 0.762. The summed E-state index contributed by atoms with van der Waals surface area (Å²) >= 11 is 0. The zero-order chi connectivity index (χ0) is 13.1. The van der Waals surface area contributed by atoms with Gasteiger partial charge in [0, 0.05) is 24.3 Å². The minimum atomic E-state index is 0.735. The number of fused-ring (bicyclic) bond motifs is 1. The molecule has 96 valence electrons. The largest absolute Gasteiger partial charge is 0.367 e. The van der Waals surface area contributed by atoms with Crippen molar-refractivity contribution < 1.29 is 4.79 Å². The first kappa shape index (κ1) is 12.0. The van der Waals surface area contributed by atoms with E-state index >= 15 is 0 Å². The minimum Gasteiger partial charge on any atom is -0.367 e. The number of rotatable bonds is 2. The molecule has 0 radical (unpaired) electrons. The average Bonchev–Trinajstić information content (AvgIpc) is 2.69. The van der Waals surface area contributed by atoms with Gasteiger partial charge in [0.2, 0.25) is 0 Å². The fraction of sp³-hybridized carbons (Fsp3) is 0.235. The number of nitrogens with zero attached hydrogens (tertiary/aromatic N) is 1. The summed E-state index contributed by atoms with van der Waals surface area (Å²) in [7, 11) is 0. The van der Waals surface area contributed by atoms with E-state index in [4.69, 9.17) is 0 Å². The number of hydrogen-bond donors (Lipinski definition) is 0. The minimum absolute atomic E-state index is 0.735. The predicted molar refractivity (Wildman–Crippen MR) is 77.6 cm³/mol. The van der Waals surface area contributed by atoms with Crippen LogP contribution >= 0.6 is 0 Å². The smallest absolute Gasteiger partial charge is 0.150 e. The molecular formula is C17H17NO. The Morgan fingerprint density at radius 3 is 2.42 bits per heavy atom. The molecule has 0 unspecified atom stereocenters. The number of hydrogen-bond acceptors (Lipinski definition) is 2. The normalized spacial score (nSPS) is 14.6. The van der Waals surface area contributed by atoms with Gasteiger partial charge in [-0.15, -0.1) is 0 Å². The van der Waals surface area contributed by atoms with Gasteiger partial charge in [0.25, 0.3) is 0 Å². The molecule has 0 bridgehead atoms. The number of aldehydes is 1. The lowest BCUT2D eigenvalue weighted by atomic mass is 10.0. The zero-order valence-corrected chi connectivity index (χ0v) is 10.9. The van der Waals surface area contributed by atoms with Crippen LogP contribution in [-0.2, 0) is 13.0 Å². The number of carbonyl (C=O) groups excluding carboxylic acids is 1. The Kier molecular flexibility index (Phi) is 3.32. The molecule has 0 atom stereocenters. The van der Waals surface area contributed by atoms with E-state index in [0.717, 1.165) is 31.4 Å². The standard InChI is InChI=1S/C17H17NO/c19-13-14-7-9-17(10-8-14)18-11-3-6-15-4-1-2-5-16(15)12-18/h1-2,4-5,7-10,13H,3,6,11-12H2. The van der Waals surface area contributed by atoms with Crippen molar-refractivity contribution >= 4 is 12.0 Å². The van der Waals surface area contributed by atoms with Crippen molar-refractivity contribution in [3.8, 4) is 0 Å². The van der Waals surface area contributed by atoms with Gasteiger partial charge in [-0.1, -0.05) is 24.3 Å². The maximum Gasteiger partial charge on any atom is 0.150 e. The Morgan fingerprint density at radius 1 is 0.947 bits per heavy atom. The predicted octanol–water partition coefficient (Wildman–Crippen LogP) is 3.45. The highest BCUT2D eigenvalue weighted by atomic mass is 16.1. The Balaban J connectivity index is 1.87. The van der Waals surface area contributed by atoms with Gasteiger partial charge < -0.3 is 4.90 Å². The lowest BCUT2D eigenvalue weighted by molar-refractivity contribution is 0.112. The first-order valence-corrected chi connectivity index (χ1v) is 6.74. The van der Waals surface area contributed by atoms with Crippen LogP contribution in [0.15, 0.2) is 48.5 Å². The molecule has 2 heteroatoms. The third-order valence-corrected chi connectivity index (χ3v) is 3.75. The number of carbonyl (C=O) groups is 1. The lowest BCUT2D eigenvalue weighted by Gasteiger charge is -2.23. The molecule has 0 amide bonds. The van der Waals surface area contributed by atoms with Gasteiger partial charge >= 0.3 is 0 Å². The van der Waals surface area contributed by atoms with Crippen LogP contribution in [0.25, 0.3) is 0 Å². The maximum atomic E-state index is 10.7. The molecule has 1 aliphatic rings. The summed E-state index contributed by atoms with van der Waals surface area (Å²) in [5.41, 5.74) is 4.82. The van der Waals surface area contributed by atoms with Gasteiger partial charge in [-0.2, -0.15) is 0 Å². The van der Waals surface area contributed by atoms with Gasteiger partial charge in [0.15, 0.2) is 0 Å². The second kappa shape index (κ2) is 5.27. The molecule has 19 heavy (non-hydrogen) atoms. The molecule has 0 aliphatic carbocycles. The topological polar surface area (TPSA) is 20.3 Å². The van der Waals surface area contributed by atoms with E-state index in [0.29, 0.717) is 0 Å². The van der Waals surface area contributed by atoms with Crippen molar-refractivity contribution in [1.29, 1.82) is 0 Å². The first-order chi connectivity index (χ1) is 9.36. The third-order valence-electron chi connectivity index (χ3n) is 3.75. The Hall–Kier alpha value is -2.09. The van der Waals surface area contributed by atoms with Gasteiger partial charge in [-0.05, 0) is 48.2 Å². The number of aryl methyl sites for hydroxylation is 1. The SMILES string of the molecule is O=Cc1ccc(N2CCCc3ccccc3C2)cc1. The highest BCUT2D eigenvalue weighted by molar-refractivity contribution is 5.75. The molecule has 0 fully saturated rings. The van der Waals surface area contributed by atoms with Crippen molar-refractivity contribution in [3.63, 3.8) is 0 Å². The van der Waals surface area contributed by atoms with Gasteiger partial charge in [-0.25, -0.2) is 0 Å². The molecule has 3 rings (SSSR count). The highest BCUT2D eigenvalue weighted by Crippen LogP contribution is 2.23. The van der Waals surface area contributed by atoms with E-state index in [1.54, 1.807) is 0 Å². The molecule has 0 saturated carbocycles. The maximum absolute atomic E-state index is 10.7. The Bertz CT molecular complexity index is 574. The van der Waals surface area contributed by atoms with Crippen molar-refractivity contribution in [2.45, 2.75) is 19.4 Å². The van der Waals surface area contributed by atoms with Crippen LogP contribution in [0.4, 0.5) is 5.69 Å². The van der Waals surface area contributed by atoms with Crippen LogP contribution in [0.3, 0.4) is 0 Å². The summed E-state index contributed by atoms with van der Waals surface area (Å²) in [5, 5.41) is 0. The van der Waals surface area contributed by atoms with E-state index in [2.05, 4.69) is 29.2 Å². The first-order valence-electron chi connectivity index (χ1n) is 6.74.